The van der Waals surface area contributed by atoms with Crippen LogP contribution in [-0.4, -0.2) is 104 Å². The molecule has 12 nitrogen and oxygen atoms in total. The van der Waals surface area contributed by atoms with Crippen molar-refractivity contribution in [2.24, 2.45) is 10.8 Å². The summed E-state index contributed by atoms with van der Waals surface area (Å²) in [5.41, 5.74) is 9.03. The fraction of sp³-hybridized carbons (Fsp3) is 0.344. The number of carbonyl (C=O) groups is 2. The Morgan fingerprint density at radius 3 is 1.16 bits per heavy atom. The first kappa shape index (κ1) is 59.0. The van der Waals surface area contributed by atoms with Gasteiger partial charge >= 0.3 is 37.7 Å². The van der Waals surface area contributed by atoms with Crippen LogP contribution in [0, 0.1) is 22.5 Å². The van der Waals surface area contributed by atoms with Crippen molar-refractivity contribution in [3.63, 3.8) is 0 Å². The van der Waals surface area contributed by atoms with Gasteiger partial charge in [0, 0.05) is 11.1 Å². The Hall–Kier alpha value is -6.10. The van der Waals surface area contributed by atoms with Crippen LogP contribution in [0.25, 0.3) is 33.4 Å². The second-order valence-corrected chi connectivity index (χ2v) is 21.5. The molecule has 79 heavy (non-hydrogen) atoms. The van der Waals surface area contributed by atoms with Crippen molar-refractivity contribution in [3.8, 4) is 45.3 Å². The maximum Gasteiger partial charge on any atom is 2.00 e. The summed E-state index contributed by atoms with van der Waals surface area (Å²) in [6.45, 7) is 9.71. The fourth-order valence-electron chi connectivity index (χ4n) is 10.6. The summed E-state index contributed by atoms with van der Waals surface area (Å²) in [6, 6.07) is 36.4. The van der Waals surface area contributed by atoms with E-state index in [0.29, 0.717) is 47.3 Å². The zero-order valence-electron chi connectivity index (χ0n) is 45.5. The van der Waals surface area contributed by atoms with E-state index in [1.165, 1.54) is 23.3 Å². The van der Waals surface area contributed by atoms with Gasteiger partial charge < -0.3 is 57.7 Å². The first-order valence-corrected chi connectivity index (χ1v) is 26.1. The average Bonchev–Trinajstić information content (AvgIpc) is 4.00. The molecule has 0 saturated carbocycles. The van der Waals surface area contributed by atoms with Crippen molar-refractivity contribution in [1.29, 1.82) is 0 Å². The predicted octanol–water partition coefficient (Wildman–Crippen LogP) is 10.2. The SMILES string of the molecule is COc1ccc(F)c(-c2ccc(COc3ccc(C4(OCC(=O)[O-])COC4)cc3)cc2C2=CCCC2(C)C)c1.COc1ccc(F)c(-c2ccc(COc3ccc(C4(OCC(=O)[O-])COC4)cc3)cc2C2=CCCC2(C)C)c1.[Ca+2]. The van der Waals surface area contributed by atoms with Gasteiger partial charge in [-0.05, 0) is 165 Å². The van der Waals surface area contributed by atoms with Gasteiger partial charge in [0.2, 0.25) is 0 Å². The monoisotopic (exact) mass is 1100 g/mol. The second-order valence-electron chi connectivity index (χ2n) is 21.5. The van der Waals surface area contributed by atoms with Crippen LogP contribution in [0.15, 0.2) is 133 Å². The van der Waals surface area contributed by atoms with Crippen LogP contribution in [0.3, 0.4) is 0 Å². The molecule has 0 unspecified atom stereocenters. The number of hydrogen-bond acceptors (Lipinski definition) is 12. The molecule has 6 aromatic carbocycles. The molecule has 0 radical (unpaired) electrons. The second kappa shape index (κ2) is 25.1. The number of methoxy groups -OCH3 is 2. The van der Waals surface area contributed by atoms with E-state index in [4.69, 9.17) is 37.9 Å². The Kier molecular flexibility index (Phi) is 18.8. The van der Waals surface area contributed by atoms with Gasteiger partial charge in [0.25, 0.3) is 0 Å². The Bertz CT molecular complexity index is 3000. The molecule has 0 N–H and O–H groups in total. The van der Waals surface area contributed by atoms with Gasteiger partial charge in [-0.2, -0.15) is 0 Å². The number of rotatable bonds is 20. The number of ether oxygens (including phenoxy) is 8. The molecule has 4 aliphatic rings. The molecule has 10 rings (SSSR count). The molecule has 15 heteroatoms. The number of carboxylic acid groups (broad SMARTS) is 2. The zero-order chi connectivity index (χ0) is 55.2. The van der Waals surface area contributed by atoms with Gasteiger partial charge in [-0.25, -0.2) is 8.78 Å². The van der Waals surface area contributed by atoms with Crippen LogP contribution < -0.4 is 29.2 Å². The van der Waals surface area contributed by atoms with Crippen molar-refractivity contribution in [1.82, 2.24) is 0 Å². The molecule has 2 aliphatic heterocycles. The van der Waals surface area contributed by atoms with E-state index in [2.05, 4.69) is 52.0 Å². The molecule has 2 fully saturated rings. The summed E-state index contributed by atoms with van der Waals surface area (Å²) in [4.78, 5) is 21.7. The van der Waals surface area contributed by atoms with Crippen LogP contribution in [0.2, 0.25) is 0 Å². The molecule has 408 valence electrons. The Labute approximate surface area is 490 Å². The number of aliphatic carboxylic acids is 2. The number of allylic oxidation sites excluding steroid dienone is 4. The van der Waals surface area contributed by atoms with Crippen LogP contribution in [0.1, 0.15) is 86.8 Å². The first-order valence-electron chi connectivity index (χ1n) is 26.1. The van der Waals surface area contributed by atoms with E-state index in [0.717, 1.165) is 70.2 Å². The van der Waals surface area contributed by atoms with Crippen molar-refractivity contribution >= 4 is 60.8 Å². The summed E-state index contributed by atoms with van der Waals surface area (Å²) >= 11 is 0. The third-order valence-electron chi connectivity index (χ3n) is 15.2. The number of benzene rings is 6. The van der Waals surface area contributed by atoms with Crippen molar-refractivity contribution in [2.45, 2.75) is 77.8 Å². The zero-order valence-corrected chi connectivity index (χ0v) is 47.8. The maximum atomic E-state index is 15.0. The Morgan fingerprint density at radius 1 is 0.494 bits per heavy atom. The van der Waals surface area contributed by atoms with E-state index >= 15 is 8.78 Å². The molecule has 0 amide bonds. The summed E-state index contributed by atoms with van der Waals surface area (Å²) in [5.74, 6) is -0.583. The fourth-order valence-corrected chi connectivity index (χ4v) is 10.6. The van der Waals surface area contributed by atoms with Crippen molar-refractivity contribution in [3.05, 3.63) is 178 Å². The number of carboxylic acids is 2. The average molecular weight is 1100 g/mol. The number of halogens is 2. The van der Waals surface area contributed by atoms with E-state index in [1.54, 1.807) is 38.5 Å². The molecule has 0 aromatic heterocycles. The smallest absolute Gasteiger partial charge is 0.548 e. The van der Waals surface area contributed by atoms with Crippen LogP contribution >= 0.6 is 0 Å². The summed E-state index contributed by atoms with van der Waals surface area (Å²) < 4.78 is 74.6. The van der Waals surface area contributed by atoms with Crippen molar-refractivity contribution in [2.75, 3.05) is 53.9 Å². The Morgan fingerprint density at radius 2 is 0.861 bits per heavy atom. The maximum absolute atomic E-state index is 15.0. The standard InChI is InChI=1S/2C32H33FO6.Ca/c2*1-31(2)14-4-5-28(31)26-15-21(6-12-25(26)27-16-24(36-3)11-13-29(27)33)17-38-23-9-7-22(8-10-23)32(19-37-20-32)39-18-30(34)35;/h2*5-13,15-16H,4,14,17-20H2,1-3H3,(H,34,35);/q;;+2/p-2. The molecule has 0 bridgehead atoms. The van der Waals surface area contributed by atoms with Crippen molar-refractivity contribution < 1.29 is 66.5 Å². The summed E-state index contributed by atoms with van der Waals surface area (Å²) in [7, 11) is 3.15. The first-order chi connectivity index (χ1) is 37.4. The molecule has 0 atom stereocenters. The van der Waals surface area contributed by atoms with E-state index in [9.17, 15) is 19.8 Å². The van der Waals surface area contributed by atoms with Crippen LogP contribution in [0.5, 0.6) is 23.0 Å². The molecule has 2 heterocycles. The molecule has 2 saturated heterocycles. The minimum atomic E-state index is -1.27. The van der Waals surface area contributed by atoms with E-state index in [1.807, 2.05) is 72.8 Å². The molecule has 0 spiro atoms. The largest absolute Gasteiger partial charge is 2.00 e. The third-order valence-corrected chi connectivity index (χ3v) is 15.2. The van der Waals surface area contributed by atoms with Gasteiger partial charge in [0.1, 0.15) is 59.0 Å². The molecule has 2 aliphatic carbocycles. The van der Waals surface area contributed by atoms with Gasteiger partial charge in [-0.15, -0.1) is 0 Å². The number of carbonyl (C=O) groups excluding carboxylic acids is 2. The summed E-state index contributed by atoms with van der Waals surface area (Å²) in [6.07, 6.45) is 8.54. The van der Waals surface area contributed by atoms with Gasteiger partial charge in [-0.3, -0.25) is 0 Å². The van der Waals surface area contributed by atoms with Gasteiger partial charge in [0.15, 0.2) is 0 Å². The normalized spacial score (nSPS) is 17.1. The van der Waals surface area contributed by atoms with Gasteiger partial charge in [0.05, 0.1) is 65.8 Å². The topological polar surface area (TPSA) is 154 Å². The van der Waals surface area contributed by atoms with Crippen LogP contribution in [-0.2, 0) is 53.0 Å². The van der Waals surface area contributed by atoms with E-state index < -0.39 is 36.4 Å². The number of hydrogen-bond donors (Lipinski definition) is 0. The molecule has 6 aromatic rings. The molecular formula is C64H64CaF2O12. The third kappa shape index (κ3) is 13.4. The van der Waals surface area contributed by atoms with E-state index in [-0.39, 0.29) is 86.6 Å². The minimum absolute atomic E-state index is 0. The van der Waals surface area contributed by atoms with Crippen LogP contribution in [0.4, 0.5) is 8.78 Å². The minimum Gasteiger partial charge on any atom is -0.548 e. The van der Waals surface area contributed by atoms with Gasteiger partial charge in [-0.1, -0.05) is 88.4 Å². The summed E-state index contributed by atoms with van der Waals surface area (Å²) in [5, 5.41) is 21.7. The predicted molar refractivity (Wildman–Crippen MR) is 293 cm³/mol. The molecular weight excluding hydrogens is 1040 g/mol. The quantitative estimate of drug-likeness (QED) is 0.0669. The Balaban J connectivity index is 0.000000205.